The van der Waals surface area contributed by atoms with E-state index in [2.05, 4.69) is 15.3 Å². The number of nitrogens with one attached hydrogen (secondary N) is 2. The van der Waals surface area contributed by atoms with E-state index in [9.17, 15) is 14.4 Å². The van der Waals surface area contributed by atoms with Gasteiger partial charge in [-0.25, -0.2) is 4.79 Å². The van der Waals surface area contributed by atoms with Crippen LogP contribution in [-0.2, 0) is 17.8 Å². The predicted octanol–water partition coefficient (Wildman–Crippen LogP) is 2.20. The van der Waals surface area contributed by atoms with Gasteiger partial charge in [-0.1, -0.05) is 11.6 Å². The third kappa shape index (κ3) is 3.86. The summed E-state index contributed by atoms with van der Waals surface area (Å²) in [7, 11) is 0. The number of H-pyrrole nitrogens is 1. The number of hydrogen-bond donors (Lipinski definition) is 3. The van der Waals surface area contributed by atoms with E-state index in [4.69, 9.17) is 16.7 Å². The number of amides is 1. The van der Waals surface area contributed by atoms with Crippen molar-refractivity contribution in [2.24, 2.45) is 0 Å². The van der Waals surface area contributed by atoms with Crippen molar-refractivity contribution in [1.29, 1.82) is 0 Å². The molecule has 0 aliphatic rings. The Morgan fingerprint density at radius 1 is 1.32 bits per heavy atom. The van der Waals surface area contributed by atoms with Crippen molar-refractivity contribution < 1.29 is 14.7 Å². The SMILES string of the molecule is O=C(Cc1cncs1)NCc1cc(Cl)cc2cc(C(=O)O)c(=O)[nH]c12. The van der Waals surface area contributed by atoms with Gasteiger partial charge in [-0.2, -0.15) is 0 Å². The van der Waals surface area contributed by atoms with Crippen LogP contribution in [0, 0.1) is 0 Å². The highest BCUT2D eigenvalue weighted by molar-refractivity contribution is 7.09. The number of thiazole rings is 1. The summed E-state index contributed by atoms with van der Waals surface area (Å²) >= 11 is 7.46. The molecule has 0 saturated heterocycles. The van der Waals surface area contributed by atoms with Crippen molar-refractivity contribution in [3.05, 3.63) is 61.3 Å². The summed E-state index contributed by atoms with van der Waals surface area (Å²) in [5.41, 5.74) is 1.61. The fourth-order valence-electron chi connectivity index (χ4n) is 2.40. The molecule has 3 N–H and O–H groups in total. The molecule has 3 aromatic rings. The highest BCUT2D eigenvalue weighted by Gasteiger charge is 2.13. The molecule has 2 aromatic heterocycles. The second kappa shape index (κ2) is 7.04. The van der Waals surface area contributed by atoms with Gasteiger partial charge in [-0.3, -0.25) is 14.6 Å². The zero-order valence-electron chi connectivity index (χ0n) is 12.7. The fourth-order valence-corrected chi connectivity index (χ4v) is 3.24. The second-order valence-corrected chi connectivity index (χ2v) is 6.68. The van der Waals surface area contributed by atoms with E-state index in [1.54, 1.807) is 23.8 Å². The van der Waals surface area contributed by atoms with Crippen molar-refractivity contribution in [3.8, 4) is 0 Å². The monoisotopic (exact) mass is 377 g/mol. The molecule has 0 aliphatic heterocycles. The molecule has 0 aliphatic carbocycles. The fraction of sp³-hybridized carbons (Fsp3) is 0.125. The maximum atomic E-state index is 12.0. The summed E-state index contributed by atoms with van der Waals surface area (Å²) in [5.74, 6) is -1.51. The molecule has 25 heavy (non-hydrogen) atoms. The molecule has 0 unspecified atom stereocenters. The van der Waals surface area contributed by atoms with Crippen LogP contribution in [0.15, 0.2) is 34.7 Å². The standard InChI is InChI=1S/C16H12ClN3O4S/c17-10-1-8-3-12(16(23)24)15(22)20-14(8)9(2-10)5-19-13(21)4-11-6-18-7-25-11/h1-3,6-7H,4-5H2,(H,19,21)(H,20,22)(H,23,24). The highest BCUT2D eigenvalue weighted by Crippen LogP contribution is 2.22. The molecule has 0 radical (unpaired) electrons. The van der Waals surface area contributed by atoms with E-state index in [0.29, 0.717) is 21.5 Å². The number of halogens is 1. The highest BCUT2D eigenvalue weighted by atomic mass is 35.5. The molecule has 128 valence electrons. The Hall–Kier alpha value is -2.71. The maximum absolute atomic E-state index is 12.0. The minimum Gasteiger partial charge on any atom is -0.477 e. The number of aromatic nitrogens is 2. The molecular formula is C16H12ClN3O4S. The lowest BCUT2D eigenvalue weighted by Gasteiger charge is -2.09. The third-order valence-electron chi connectivity index (χ3n) is 3.52. The van der Waals surface area contributed by atoms with Crippen LogP contribution in [0.4, 0.5) is 0 Å². The van der Waals surface area contributed by atoms with Crippen molar-refractivity contribution >= 4 is 45.7 Å². The van der Waals surface area contributed by atoms with Crippen LogP contribution in [0.1, 0.15) is 20.8 Å². The number of benzene rings is 1. The van der Waals surface area contributed by atoms with Gasteiger partial charge in [-0.15, -0.1) is 11.3 Å². The van der Waals surface area contributed by atoms with Gasteiger partial charge in [0, 0.05) is 28.0 Å². The summed E-state index contributed by atoms with van der Waals surface area (Å²) in [5, 5.41) is 12.7. The lowest BCUT2D eigenvalue weighted by molar-refractivity contribution is -0.120. The van der Waals surface area contributed by atoms with E-state index in [0.717, 1.165) is 4.88 Å². The minimum absolute atomic E-state index is 0.150. The van der Waals surface area contributed by atoms with Gasteiger partial charge in [0.15, 0.2) is 0 Å². The van der Waals surface area contributed by atoms with Gasteiger partial charge in [0.1, 0.15) is 5.56 Å². The van der Waals surface area contributed by atoms with Crippen LogP contribution in [0.3, 0.4) is 0 Å². The van der Waals surface area contributed by atoms with Crippen LogP contribution in [0.2, 0.25) is 5.02 Å². The van der Waals surface area contributed by atoms with Gasteiger partial charge in [0.2, 0.25) is 5.91 Å². The quantitative estimate of drug-likeness (QED) is 0.631. The number of carboxylic acid groups (broad SMARTS) is 1. The summed E-state index contributed by atoms with van der Waals surface area (Å²) in [6.45, 7) is 0.150. The molecule has 3 rings (SSSR count). The van der Waals surface area contributed by atoms with E-state index in [1.165, 1.54) is 17.4 Å². The molecule has 9 heteroatoms. The number of carboxylic acids is 1. The molecular weight excluding hydrogens is 366 g/mol. The number of carbonyl (C=O) groups is 2. The molecule has 0 atom stereocenters. The summed E-state index contributed by atoms with van der Waals surface area (Å²) in [6, 6.07) is 4.44. The van der Waals surface area contributed by atoms with Crippen LogP contribution >= 0.6 is 22.9 Å². The van der Waals surface area contributed by atoms with Gasteiger partial charge in [-0.05, 0) is 23.8 Å². The Kier molecular flexibility index (Phi) is 4.82. The molecule has 1 amide bonds. The van der Waals surface area contributed by atoms with Gasteiger partial charge in [0.05, 0.1) is 17.4 Å². The average Bonchev–Trinajstić information content (AvgIpc) is 3.05. The molecule has 7 nitrogen and oxygen atoms in total. The number of fused-ring (bicyclic) bond motifs is 1. The zero-order valence-corrected chi connectivity index (χ0v) is 14.3. The summed E-state index contributed by atoms with van der Waals surface area (Å²) in [4.78, 5) is 42.3. The molecule has 0 bridgehead atoms. The van der Waals surface area contributed by atoms with Crippen LogP contribution < -0.4 is 10.9 Å². The summed E-state index contributed by atoms with van der Waals surface area (Å²) in [6.07, 6.45) is 1.84. The maximum Gasteiger partial charge on any atom is 0.341 e. The number of pyridine rings is 1. The van der Waals surface area contributed by atoms with Crippen LogP contribution in [0.5, 0.6) is 0 Å². The normalized spacial score (nSPS) is 10.8. The van der Waals surface area contributed by atoms with Crippen molar-refractivity contribution in [2.45, 2.75) is 13.0 Å². The van der Waals surface area contributed by atoms with Crippen molar-refractivity contribution in [3.63, 3.8) is 0 Å². The third-order valence-corrected chi connectivity index (χ3v) is 4.52. The molecule has 2 heterocycles. The van der Waals surface area contributed by atoms with Crippen molar-refractivity contribution in [2.75, 3.05) is 0 Å². The van der Waals surface area contributed by atoms with Gasteiger partial charge >= 0.3 is 5.97 Å². The van der Waals surface area contributed by atoms with E-state index < -0.39 is 11.5 Å². The number of hydrogen-bond acceptors (Lipinski definition) is 5. The summed E-state index contributed by atoms with van der Waals surface area (Å²) < 4.78 is 0. The molecule has 0 fully saturated rings. The molecule has 0 saturated carbocycles. The molecule has 0 spiro atoms. The number of aromatic carboxylic acids is 1. The van der Waals surface area contributed by atoms with Crippen LogP contribution in [-0.4, -0.2) is 27.0 Å². The smallest absolute Gasteiger partial charge is 0.341 e. The first kappa shape index (κ1) is 17.1. The van der Waals surface area contributed by atoms with E-state index >= 15 is 0 Å². The van der Waals surface area contributed by atoms with Crippen LogP contribution in [0.25, 0.3) is 10.9 Å². The first-order valence-electron chi connectivity index (χ1n) is 7.17. The number of aromatic amines is 1. The largest absolute Gasteiger partial charge is 0.477 e. The first-order valence-corrected chi connectivity index (χ1v) is 8.42. The Labute approximate surface area is 150 Å². The lowest BCUT2D eigenvalue weighted by atomic mass is 10.1. The van der Waals surface area contributed by atoms with E-state index in [-0.39, 0.29) is 24.4 Å². The Balaban J connectivity index is 1.88. The Morgan fingerprint density at radius 2 is 2.12 bits per heavy atom. The van der Waals surface area contributed by atoms with Crippen molar-refractivity contribution in [1.82, 2.24) is 15.3 Å². The predicted molar refractivity (Wildman–Crippen MR) is 94.2 cm³/mol. The number of rotatable bonds is 5. The molecule has 1 aromatic carbocycles. The minimum atomic E-state index is -1.32. The van der Waals surface area contributed by atoms with Gasteiger partial charge in [0.25, 0.3) is 5.56 Å². The number of carbonyl (C=O) groups excluding carboxylic acids is 1. The number of nitrogens with zero attached hydrogens (tertiary/aromatic N) is 1. The van der Waals surface area contributed by atoms with E-state index in [1.807, 2.05) is 0 Å². The first-order chi connectivity index (χ1) is 11.9. The average molecular weight is 378 g/mol. The Morgan fingerprint density at radius 3 is 2.80 bits per heavy atom. The Bertz CT molecular complexity index is 1010. The lowest BCUT2D eigenvalue weighted by Crippen LogP contribution is -2.25. The zero-order chi connectivity index (χ0) is 18.0. The second-order valence-electron chi connectivity index (χ2n) is 5.27. The topological polar surface area (TPSA) is 112 Å². The van der Waals surface area contributed by atoms with Gasteiger partial charge < -0.3 is 15.4 Å².